The van der Waals surface area contributed by atoms with Crippen molar-refractivity contribution in [2.75, 3.05) is 0 Å². The Balaban J connectivity index is 2.54. The van der Waals surface area contributed by atoms with E-state index in [2.05, 4.69) is 34.6 Å². The van der Waals surface area contributed by atoms with Crippen LogP contribution >= 0.6 is 0 Å². The maximum atomic E-state index is 10.1. The minimum Gasteiger partial charge on any atom is -0.393 e. The minimum atomic E-state index is -0.194. The van der Waals surface area contributed by atoms with Gasteiger partial charge in [-0.25, -0.2) is 0 Å². The maximum absolute atomic E-state index is 10.1. The molecule has 2 aliphatic carbocycles. The number of hydrogen-bond acceptors (Lipinski definition) is 1. The molecule has 3 atom stereocenters. The lowest BCUT2D eigenvalue weighted by atomic mass is 9.68. The van der Waals surface area contributed by atoms with Gasteiger partial charge in [0.05, 0.1) is 6.10 Å². The molecular weight excluding hydrogens is 208 g/mol. The Bertz CT molecular complexity index is 347. The number of aliphatic hydroxyl groups is 1. The van der Waals surface area contributed by atoms with E-state index < -0.39 is 0 Å². The molecule has 0 heterocycles. The summed E-state index contributed by atoms with van der Waals surface area (Å²) in [6.07, 6.45) is 3.48. The fourth-order valence-electron chi connectivity index (χ4n) is 4.42. The molecule has 0 bridgehead atoms. The van der Waals surface area contributed by atoms with Crippen LogP contribution in [-0.2, 0) is 0 Å². The molecule has 2 aliphatic rings. The van der Waals surface area contributed by atoms with Gasteiger partial charge in [0.25, 0.3) is 0 Å². The predicted molar refractivity (Wildman–Crippen MR) is 72.8 cm³/mol. The Kier molecular flexibility index (Phi) is 2.97. The number of allylic oxidation sites excluding steroid dienone is 1. The fraction of sp³-hybridized carbons (Fsp3) is 0.875. The van der Waals surface area contributed by atoms with E-state index in [0.29, 0.717) is 17.3 Å². The largest absolute Gasteiger partial charge is 0.393 e. The van der Waals surface area contributed by atoms with Crippen LogP contribution in [0.2, 0.25) is 0 Å². The van der Waals surface area contributed by atoms with Gasteiger partial charge in [-0.05, 0) is 42.9 Å². The van der Waals surface area contributed by atoms with Crippen LogP contribution in [0, 0.1) is 22.7 Å². The summed E-state index contributed by atoms with van der Waals surface area (Å²) in [5.74, 6) is 1.07. The molecule has 0 spiro atoms. The van der Waals surface area contributed by atoms with Crippen LogP contribution in [-0.4, -0.2) is 11.2 Å². The first-order valence-electron chi connectivity index (χ1n) is 7.12. The van der Waals surface area contributed by atoms with Gasteiger partial charge in [0.1, 0.15) is 0 Å². The Morgan fingerprint density at radius 3 is 2.29 bits per heavy atom. The molecule has 0 aromatic rings. The van der Waals surface area contributed by atoms with Crippen molar-refractivity contribution in [3.63, 3.8) is 0 Å². The van der Waals surface area contributed by atoms with Crippen molar-refractivity contribution in [1.29, 1.82) is 0 Å². The molecule has 0 aliphatic heterocycles. The second kappa shape index (κ2) is 3.85. The summed E-state index contributed by atoms with van der Waals surface area (Å²) in [6, 6.07) is 0. The van der Waals surface area contributed by atoms with Gasteiger partial charge in [-0.15, -0.1) is 0 Å². The van der Waals surface area contributed by atoms with Gasteiger partial charge < -0.3 is 5.11 Å². The van der Waals surface area contributed by atoms with Gasteiger partial charge in [0.2, 0.25) is 0 Å². The summed E-state index contributed by atoms with van der Waals surface area (Å²) >= 11 is 0. The molecule has 2 rings (SSSR count). The molecule has 1 N–H and O–H groups in total. The zero-order valence-corrected chi connectivity index (χ0v) is 12.3. The van der Waals surface area contributed by atoms with E-state index >= 15 is 0 Å². The van der Waals surface area contributed by atoms with Crippen molar-refractivity contribution < 1.29 is 5.11 Å². The summed E-state index contributed by atoms with van der Waals surface area (Å²) < 4.78 is 0. The van der Waals surface area contributed by atoms with E-state index in [4.69, 9.17) is 0 Å². The van der Waals surface area contributed by atoms with Crippen molar-refractivity contribution in [1.82, 2.24) is 0 Å². The third kappa shape index (κ3) is 1.69. The standard InChI is InChI=1S/C16H28O/c1-10(17)12-8-7-9-13-14(12)16(5,6)11(2)15(13,3)4/h10-12,17H,7-9H2,1-6H3. The van der Waals surface area contributed by atoms with Crippen LogP contribution in [0.25, 0.3) is 0 Å². The Morgan fingerprint density at radius 2 is 1.76 bits per heavy atom. The highest BCUT2D eigenvalue weighted by Crippen LogP contribution is 2.62. The molecule has 0 saturated carbocycles. The van der Waals surface area contributed by atoms with Gasteiger partial charge in [-0.1, -0.05) is 45.8 Å². The lowest BCUT2D eigenvalue weighted by Crippen LogP contribution is -2.31. The summed E-state index contributed by atoms with van der Waals surface area (Å²) in [7, 11) is 0. The number of hydrogen-bond donors (Lipinski definition) is 1. The lowest BCUT2D eigenvalue weighted by molar-refractivity contribution is 0.114. The van der Waals surface area contributed by atoms with Crippen molar-refractivity contribution in [2.45, 2.75) is 66.9 Å². The first-order valence-corrected chi connectivity index (χ1v) is 7.12. The van der Waals surface area contributed by atoms with Crippen LogP contribution in [0.4, 0.5) is 0 Å². The third-order valence-electron chi connectivity index (χ3n) is 5.86. The third-order valence-corrected chi connectivity index (χ3v) is 5.86. The molecule has 0 radical (unpaired) electrons. The highest BCUT2D eigenvalue weighted by Gasteiger charge is 2.53. The van der Waals surface area contributed by atoms with E-state index in [9.17, 15) is 5.11 Å². The van der Waals surface area contributed by atoms with Gasteiger partial charge >= 0.3 is 0 Å². The molecule has 0 amide bonds. The number of aliphatic hydroxyl groups excluding tert-OH is 1. The monoisotopic (exact) mass is 236 g/mol. The summed E-state index contributed by atoms with van der Waals surface area (Å²) in [5, 5.41) is 10.1. The highest BCUT2D eigenvalue weighted by atomic mass is 16.3. The fourth-order valence-corrected chi connectivity index (χ4v) is 4.42. The molecule has 0 aromatic heterocycles. The quantitative estimate of drug-likeness (QED) is 0.678. The second-order valence-corrected chi connectivity index (χ2v) is 7.30. The van der Waals surface area contributed by atoms with Crippen LogP contribution in [0.3, 0.4) is 0 Å². The molecule has 0 saturated heterocycles. The van der Waals surface area contributed by atoms with E-state index in [1.54, 1.807) is 11.1 Å². The van der Waals surface area contributed by atoms with E-state index in [-0.39, 0.29) is 11.5 Å². The Hall–Kier alpha value is -0.300. The van der Waals surface area contributed by atoms with Crippen LogP contribution in [0.5, 0.6) is 0 Å². The topological polar surface area (TPSA) is 20.2 Å². The van der Waals surface area contributed by atoms with Crippen LogP contribution in [0.1, 0.15) is 60.8 Å². The smallest absolute Gasteiger partial charge is 0.0577 e. The van der Waals surface area contributed by atoms with Gasteiger partial charge in [0, 0.05) is 5.92 Å². The Morgan fingerprint density at radius 1 is 1.18 bits per heavy atom. The predicted octanol–water partition coefficient (Wildman–Crippen LogP) is 4.17. The van der Waals surface area contributed by atoms with Crippen LogP contribution in [0.15, 0.2) is 11.1 Å². The summed E-state index contributed by atoms with van der Waals surface area (Å²) in [4.78, 5) is 0. The Labute approximate surface area is 106 Å². The van der Waals surface area contributed by atoms with Crippen LogP contribution < -0.4 is 0 Å². The number of rotatable bonds is 1. The van der Waals surface area contributed by atoms with E-state index in [1.807, 2.05) is 6.92 Å². The van der Waals surface area contributed by atoms with Crippen molar-refractivity contribution in [2.24, 2.45) is 22.7 Å². The summed E-state index contributed by atoms with van der Waals surface area (Å²) in [6.45, 7) is 13.9. The molecule has 98 valence electrons. The second-order valence-electron chi connectivity index (χ2n) is 7.30. The highest BCUT2D eigenvalue weighted by molar-refractivity contribution is 5.38. The minimum absolute atomic E-state index is 0.194. The zero-order valence-electron chi connectivity index (χ0n) is 12.3. The van der Waals surface area contributed by atoms with Crippen molar-refractivity contribution >= 4 is 0 Å². The van der Waals surface area contributed by atoms with E-state index in [0.717, 1.165) is 0 Å². The SMILES string of the molecule is CC(O)C1CCCC2=C1C(C)(C)C(C)C2(C)C. The normalized spacial score (nSPS) is 36.9. The molecule has 0 fully saturated rings. The molecule has 1 nitrogen and oxygen atoms in total. The first kappa shape index (κ1) is 13.1. The molecule has 17 heavy (non-hydrogen) atoms. The van der Waals surface area contributed by atoms with E-state index in [1.165, 1.54) is 19.3 Å². The first-order chi connectivity index (χ1) is 7.70. The average Bonchev–Trinajstić information content (AvgIpc) is 2.38. The van der Waals surface area contributed by atoms with Gasteiger partial charge in [-0.3, -0.25) is 0 Å². The lowest BCUT2D eigenvalue weighted by Gasteiger charge is -2.37. The van der Waals surface area contributed by atoms with Crippen molar-refractivity contribution in [3.05, 3.63) is 11.1 Å². The molecule has 1 heteroatoms. The maximum Gasteiger partial charge on any atom is 0.0577 e. The zero-order chi connectivity index (χ0) is 13.0. The molecular formula is C16H28O. The van der Waals surface area contributed by atoms with Gasteiger partial charge in [-0.2, -0.15) is 0 Å². The summed E-state index contributed by atoms with van der Waals surface area (Å²) in [5.41, 5.74) is 3.82. The average molecular weight is 236 g/mol. The van der Waals surface area contributed by atoms with Gasteiger partial charge in [0.15, 0.2) is 0 Å². The van der Waals surface area contributed by atoms with Crippen molar-refractivity contribution in [3.8, 4) is 0 Å². The molecule has 0 aromatic carbocycles. The molecule has 3 unspecified atom stereocenters.